The van der Waals surface area contributed by atoms with Crippen LogP contribution in [0, 0.1) is 5.92 Å². The minimum absolute atomic E-state index is 0.0403. The average Bonchev–Trinajstić information content (AvgIpc) is 3.97. The summed E-state index contributed by atoms with van der Waals surface area (Å²) in [4.78, 5) is 65.2. The molecule has 1 aromatic carbocycles. The van der Waals surface area contributed by atoms with E-state index in [9.17, 15) is 40.8 Å². The summed E-state index contributed by atoms with van der Waals surface area (Å²) in [5.41, 5.74) is -3.84. The molecule has 3 aliphatic carbocycles. The zero-order valence-electron chi connectivity index (χ0n) is 32.7. The lowest BCUT2D eigenvalue weighted by molar-refractivity contribution is -0.143. The average molecular weight is 835 g/mol. The van der Waals surface area contributed by atoms with Crippen LogP contribution in [0.2, 0.25) is 0 Å². The van der Waals surface area contributed by atoms with E-state index in [4.69, 9.17) is 14.2 Å². The molecule has 4 amide bonds. The van der Waals surface area contributed by atoms with Crippen LogP contribution in [0.25, 0.3) is 11.0 Å². The van der Waals surface area contributed by atoms with Gasteiger partial charge in [-0.3, -0.25) is 19.1 Å². The number of ether oxygens (including phenoxy) is 3. The zero-order valence-corrected chi connectivity index (χ0v) is 33.5. The monoisotopic (exact) mass is 834 g/mol. The number of halogens is 3. The van der Waals surface area contributed by atoms with E-state index in [0.717, 1.165) is 17.7 Å². The summed E-state index contributed by atoms with van der Waals surface area (Å²) < 4.78 is 87.5. The van der Waals surface area contributed by atoms with Gasteiger partial charge in [-0.15, -0.1) is 0 Å². The Morgan fingerprint density at radius 2 is 1.74 bits per heavy atom. The van der Waals surface area contributed by atoms with Crippen molar-refractivity contribution in [1.29, 1.82) is 0 Å². The highest BCUT2D eigenvalue weighted by Gasteiger charge is 2.63. The number of benzene rings is 1. The Bertz CT molecular complexity index is 2110. The number of amides is 4. The van der Waals surface area contributed by atoms with Crippen LogP contribution < -0.4 is 24.8 Å². The molecular weight excluding hydrogens is 786 g/mol. The van der Waals surface area contributed by atoms with Gasteiger partial charge in [0.25, 0.3) is 5.91 Å². The Labute approximate surface area is 334 Å². The van der Waals surface area contributed by atoms with Crippen molar-refractivity contribution < 1.29 is 55.0 Å². The number of allylic oxidation sites excluding steroid dienone is 1. The topological polar surface area (TPSA) is 195 Å². The van der Waals surface area contributed by atoms with Crippen molar-refractivity contribution in [2.75, 3.05) is 13.7 Å². The van der Waals surface area contributed by atoms with Crippen LogP contribution in [0.1, 0.15) is 103 Å². The third-order valence-electron chi connectivity index (χ3n) is 12.2. The second-order valence-electron chi connectivity index (χ2n) is 16.7. The van der Waals surface area contributed by atoms with Gasteiger partial charge >= 0.3 is 12.3 Å². The molecule has 0 spiro atoms. The standard InChI is InChI=1S/C39H49F3N6O9S/c1-36(15-9-10-16-36)57-35(52)45-27-12-8-6-4-5-7-11-23-21-38(23,34(51)47-58(53,54)37(2)17-18-37)46-31(49)29-20-25(22-48(29)33(27)50)56-32-30(39(40,41)42)43-26-14-13-24(55-3)19-28(26)44-32/h7,11,13-14,19,23,25,27,29H,4-6,8-10,12,15-18,20-22H2,1-3H3,(H,45,52)(H,46,49)(H,47,51)/b11-7-/t23?,25-,27+,29+,38-/m1/s1. The first-order valence-corrected chi connectivity index (χ1v) is 21.3. The van der Waals surface area contributed by atoms with Crippen LogP contribution in [-0.2, 0) is 35.3 Å². The van der Waals surface area contributed by atoms with Crippen molar-refractivity contribution in [2.24, 2.45) is 5.92 Å². The fourth-order valence-electron chi connectivity index (χ4n) is 8.14. The first-order valence-electron chi connectivity index (χ1n) is 19.8. The third kappa shape index (κ3) is 8.54. The number of nitrogens with zero attached hydrogens (tertiary/aromatic N) is 3. The Balaban J connectivity index is 1.21. The predicted octanol–water partition coefficient (Wildman–Crippen LogP) is 4.83. The molecule has 4 fully saturated rings. The molecule has 3 N–H and O–H groups in total. The second kappa shape index (κ2) is 15.5. The van der Waals surface area contributed by atoms with Crippen molar-refractivity contribution in [2.45, 2.75) is 138 Å². The minimum atomic E-state index is -5.00. The number of alkyl carbamates (subject to hydrolysis) is 1. The number of fused-ring (bicyclic) bond motifs is 3. The molecule has 0 radical (unpaired) electrons. The van der Waals surface area contributed by atoms with Crippen molar-refractivity contribution in [1.82, 2.24) is 30.2 Å². The maximum absolute atomic E-state index is 14.6. The van der Waals surface area contributed by atoms with E-state index in [1.165, 1.54) is 32.2 Å². The van der Waals surface area contributed by atoms with Gasteiger partial charge in [0.2, 0.25) is 33.4 Å². The number of alkyl halides is 3. The Morgan fingerprint density at radius 1 is 1.00 bits per heavy atom. The van der Waals surface area contributed by atoms with Gasteiger partial charge in [0, 0.05) is 18.4 Å². The lowest BCUT2D eigenvalue weighted by Crippen LogP contribution is -2.58. The first kappa shape index (κ1) is 41.5. The molecule has 2 aliphatic heterocycles. The number of rotatable bonds is 8. The van der Waals surface area contributed by atoms with Crippen LogP contribution >= 0.6 is 0 Å². The van der Waals surface area contributed by atoms with Crippen LogP contribution in [0.4, 0.5) is 18.0 Å². The fourth-order valence-corrected chi connectivity index (χ4v) is 9.45. The smallest absolute Gasteiger partial charge is 0.438 e. The summed E-state index contributed by atoms with van der Waals surface area (Å²) >= 11 is 0. The Hall–Kier alpha value is -4.68. The molecule has 3 heterocycles. The molecule has 15 nitrogen and oxygen atoms in total. The van der Waals surface area contributed by atoms with E-state index in [2.05, 4.69) is 25.3 Å². The third-order valence-corrected chi connectivity index (χ3v) is 14.3. The highest BCUT2D eigenvalue weighted by Crippen LogP contribution is 2.48. The van der Waals surface area contributed by atoms with Crippen LogP contribution in [0.3, 0.4) is 0 Å². The van der Waals surface area contributed by atoms with Crippen molar-refractivity contribution in [3.63, 3.8) is 0 Å². The number of nitrogens with one attached hydrogen (secondary N) is 3. The summed E-state index contributed by atoms with van der Waals surface area (Å²) in [5.74, 6) is -3.60. The normalized spacial score (nSPS) is 28.8. The summed E-state index contributed by atoms with van der Waals surface area (Å²) in [7, 11) is -2.71. The molecule has 7 rings (SSSR count). The number of hydrogen-bond donors (Lipinski definition) is 3. The molecule has 1 unspecified atom stereocenters. The molecule has 1 saturated heterocycles. The van der Waals surface area contributed by atoms with E-state index < -0.39 is 98.1 Å². The number of sulfonamides is 1. The van der Waals surface area contributed by atoms with Gasteiger partial charge in [-0.05, 0) is 90.2 Å². The molecule has 19 heteroatoms. The first-order chi connectivity index (χ1) is 27.4. The van der Waals surface area contributed by atoms with Crippen LogP contribution in [0.5, 0.6) is 11.6 Å². The number of aromatic nitrogens is 2. The van der Waals surface area contributed by atoms with E-state index in [-0.39, 0.29) is 30.3 Å². The highest BCUT2D eigenvalue weighted by molar-refractivity contribution is 7.91. The SMILES string of the molecule is COc1ccc2nc(C(F)(F)F)c(O[C@@H]3C[C@H]4C(=O)N[C@]5(C(=O)NS(=O)(=O)C6(C)CC6)CC5/C=C\CCCCC[C@H](NC(=O)OC5(C)CCCC5)C(=O)N4C3)nc2c1. The van der Waals surface area contributed by atoms with E-state index in [0.29, 0.717) is 57.1 Å². The molecule has 2 aromatic rings. The van der Waals surface area contributed by atoms with E-state index in [1.807, 2.05) is 13.0 Å². The molecule has 3 saturated carbocycles. The number of hydrogen-bond acceptors (Lipinski definition) is 11. The summed E-state index contributed by atoms with van der Waals surface area (Å²) in [6, 6.07) is 1.56. The largest absolute Gasteiger partial charge is 0.497 e. The van der Waals surface area contributed by atoms with Gasteiger partial charge in [0.1, 0.15) is 35.1 Å². The molecule has 5 atom stereocenters. The lowest BCUT2D eigenvalue weighted by atomic mass is 10.0. The molecule has 316 valence electrons. The highest BCUT2D eigenvalue weighted by atomic mass is 32.2. The van der Waals surface area contributed by atoms with E-state index >= 15 is 0 Å². The number of carbonyl (C=O) groups excluding carboxylic acids is 4. The second-order valence-corrected chi connectivity index (χ2v) is 18.9. The summed E-state index contributed by atoms with van der Waals surface area (Å²) in [6.45, 7) is 2.95. The predicted molar refractivity (Wildman–Crippen MR) is 202 cm³/mol. The summed E-state index contributed by atoms with van der Waals surface area (Å²) in [6.07, 6.45) is 2.78. The maximum Gasteiger partial charge on any atom is 0.438 e. The molecule has 58 heavy (non-hydrogen) atoms. The van der Waals surface area contributed by atoms with Crippen molar-refractivity contribution in [3.05, 3.63) is 36.0 Å². The maximum atomic E-state index is 14.6. The Morgan fingerprint density at radius 3 is 2.43 bits per heavy atom. The minimum Gasteiger partial charge on any atom is -0.497 e. The molecule has 1 aromatic heterocycles. The van der Waals surface area contributed by atoms with Gasteiger partial charge in [0.15, 0.2) is 0 Å². The fraction of sp³-hybridized carbons (Fsp3) is 0.641. The van der Waals surface area contributed by atoms with Crippen LogP contribution in [-0.4, -0.2) is 94.8 Å². The van der Waals surface area contributed by atoms with Crippen molar-refractivity contribution >= 4 is 44.9 Å². The van der Waals surface area contributed by atoms with Gasteiger partial charge < -0.3 is 29.7 Å². The molecule has 0 bridgehead atoms. The van der Waals surface area contributed by atoms with Gasteiger partial charge in [-0.25, -0.2) is 23.2 Å². The molecular formula is C39H49F3N6O9S. The summed E-state index contributed by atoms with van der Waals surface area (Å²) in [5, 5.41) is 5.44. The number of methoxy groups -OCH3 is 1. The Kier molecular flexibility index (Phi) is 11.1. The molecule has 5 aliphatic rings. The zero-order chi connectivity index (χ0) is 41.7. The number of carbonyl (C=O) groups is 4. The van der Waals surface area contributed by atoms with Crippen molar-refractivity contribution in [3.8, 4) is 11.6 Å². The van der Waals surface area contributed by atoms with Gasteiger partial charge in [0.05, 0.1) is 29.4 Å². The van der Waals surface area contributed by atoms with E-state index in [1.54, 1.807) is 6.08 Å². The van der Waals surface area contributed by atoms with Gasteiger partial charge in [-0.2, -0.15) is 13.2 Å². The lowest BCUT2D eigenvalue weighted by Gasteiger charge is -2.31. The quantitative estimate of drug-likeness (QED) is 0.309. The van der Waals surface area contributed by atoms with Crippen LogP contribution in [0.15, 0.2) is 30.4 Å². The van der Waals surface area contributed by atoms with Gasteiger partial charge in [-0.1, -0.05) is 25.0 Å².